The molecule has 7 amide bonds. The molecule has 400 valence electrons. The number of fused-ring (bicyclic) bond motifs is 4. The third kappa shape index (κ3) is 10.2. The van der Waals surface area contributed by atoms with Crippen molar-refractivity contribution < 1.29 is 38.4 Å². The number of benzene rings is 2. The van der Waals surface area contributed by atoms with E-state index in [1.165, 1.54) is 0 Å². The highest BCUT2D eigenvalue weighted by Gasteiger charge is 2.58. The monoisotopic (exact) mass is 1050 g/mol. The summed E-state index contributed by atoms with van der Waals surface area (Å²) in [5.74, 6) is -2.91. The highest BCUT2D eigenvalue weighted by atomic mass is 32.2. The molecule has 0 aromatic heterocycles. The van der Waals surface area contributed by atoms with Crippen LogP contribution in [0.4, 0.5) is 0 Å². The highest BCUT2D eigenvalue weighted by molar-refractivity contribution is 8.00. The predicted octanol–water partition coefficient (Wildman–Crippen LogP) is 2.73. The third-order valence-electron chi connectivity index (χ3n) is 17.5. The Labute approximate surface area is 443 Å². The van der Waals surface area contributed by atoms with Gasteiger partial charge in [0.25, 0.3) is 0 Å². The number of piperazine rings is 1. The number of carbonyl (C=O) groups excluding carboxylic acids is 8. The average molecular weight is 1050 g/mol. The van der Waals surface area contributed by atoms with E-state index >= 15 is 0 Å². The van der Waals surface area contributed by atoms with Crippen molar-refractivity contribution in [1.82, 2.24) is 46.6 Å². The Morgan fingerprint density at radius 1 is 0.622 bits per heavy atom. The number of likely N-dealkylation sites (N-methyl/N-ethyl adjacent to an activating group) is 2. The van der Waals surface area contributed by atoms with Crippen molar-refractivity contribution in [3.63, 3.8) is 0 Å². The number of Topliss-reactive ketones (excluding diaryl/α,β-unsaturated/α-hetero) is 1. The first kappa shape index (κ1) is 53.8. The van der Waals surface area contributed by atoms with Gasteiger partial charge in [0.15, 0.2) is 5.78 Å². The summed E-state index contributed by atoms with van der Waals surface area (Å²) in [4.78, 5) is 119. The summed E-state index contributed by atoms with van der Waals surface area (Å²) >= 11 is 3.33. The lowest BCUT2D eigenvalue weighted by Crippen LogP contribution is -2.58. The molecule has 17 nitrogen and oxygen atoms in total. The van der Waals surface area contributed by atoms with Crippen molar-refractivity contribution in [1.29, 1.82) is 0 Å². The molecule has 1 unspecified atom stereocenters. The largest absolute Gasteiger partial charge is 0.348 e. The summed E-state index contributed by atoms with van der Waals surface area (Å²) < 4.78 is 0. The smallest absolute Gasteiger partial charge is 0.246 e. The molecule has 1 saturated carbocycles. The van der Waals surface area contributed by atoms with Crippen molar-refractivity contribution in [2.24, 2.45) is 34.5 Å². The van der Waals surface area contributed by atoms with Gasteiger partial charge >= 0.3 is 0 Å². The molecule has 0 spiro atoms. The van der Waals surface area contributed by atoms with E-state index in [1.54, 1.807) is 66.2 Å². The van der Waals surface area contributed by atoms with Crippen molar-refractivity contribution in [3.8, 4) is 0 Å². The Bertz CT molecular complexity index is 2380. The maximum atomic E-state index is 14.9. The van der Waals surface area contributed by atoms with Gasteiger partial charge in [-0.15, -0.1) is 11.8 Å². The van der Waals surface area contributed by atoms with Crippen molar-refractivity contribution in [2.45, 2.75) is 133 Å². The van der Waals surface area contributed by atoms with Crippen LogP contribution in [0.2, 0.25) is 0 Å². The van der Waals surface area contributed by atoms with E-state index in [1.807, 2.05) is 76.2 Å². The zero-order valence-corrected chi connectivity index (χ0v) is 45.7. The van der Waals surface area contributed by atoms with Gasteiger partial charge < -0.3 is 46.6 Å². The minimum absolute atomic E-state index is 0.0763. The van der Waals surface area contributed by atoms with Crippen LogP contribution < -0.4 is 31.9 Å². The molecule has 6 N–H and O–H groups in total. The molecule has 3 aliphatic carbocycles. The number of nitrogens with one attached hydrogen (secondary N) is 6. The molecule has 4 heterocycles. The number of amides is 7. The molecular formula is C55H75N9O8S2. The second kappa shape index (κ2) is 21.6. The molecule has 2 aromatic carbocycles. The van der Waals surface area contributed by atoms with E-state index in [0.29, 0.717) is 50.0 Å². The molecule has 19 heteroatoms. The topological polar surface area (TPSA) is 218 Å². The van der Waals surface area contributed by atoms with E-state index in [-0.39, 0.29) is 83.9 Å². The Morgan fingerprint density at radius 2 is 1.11 bits per heavy atom. The predicted molar refractivity (Wildman–Crippen MR) is 284 cm³/mol. The van der Waals surface area contributed by atoms with Crippen molar-refractivity contribution in [3.05, 3.63) is 70.8 Å². The summed E-state index contributed by atoms with van der Waals surface area (Å²) in [7, 11) is 3.38. The van der Waals surface area contributed by atoms with Gasteiger partial charge in [-0.2, -0.15) is 11.8 Å². The SMILES string of the molecule is CN[C@@H](C)C(=O)N[C@H]1CCS[C@H]2CC(C)(C)[C@@H](C(=O)N[C@H]3c4ccccc4C[C@H]3C(=O)N3CCN(C(=O)[C@@H]4Cc5ccccc5[C@@H]4NC(=O)[C@H]4N5C(=O)[C@@H](NC(=O)[C@H](C)NC)CCS[C@H]5CC4(C)C)CC3)C2C1=O. The Hall–Kier alpha value is -4.98. The normalized spacial score (nSPS) is 31.7. The lowest BCUT2D eigenvalue weighted by Gasteiger charge is -2.39. The van der Waals surface area contributed by atoms with E-state index in [9.17, 15) is 38.4 Å². The van der Waals surface area contributed by atoms with Crippen LogP contribution in [-0.4, -0.2) is 154 Å². The van der Waals surface area contributed by atoms with Gasteiger partial charge in [-0.05, 0) is 111 Å². The van der Waals surface area contributed by atoms with Crippen LogP contribution in [0.5, 0.6) is 0 Å². The first-order valence-electron chi connectivity index (χ1n) is 26.6. The third-order valence-corrected chi connectivity index (χ3v) is 20.1. The molecule has 4 aliphatic heterocycles. The lowest BCUT2D eigenvalue weighted by molar-refractivity contribution is -0.146. The summed E-state index contributed by atoms with van der Waals surface area (Å²) in [5.41, 5.74) is 2.57. The van der Waals surface area contributed by atoms with Gasteiger partial charge in [0.05, 0.1) is 53.3 Å². The van der Waals surface area contributed by atoms with E-state index in [4.69, 9.17) is 0 Å². The number of hydrogen-bond acceptors (Lipinski definition) is 12. The van der Waals surface area contributed by atoms with Gasteiger partial charge in [0.2, 0.25) is 41.4 Å². The Kier molecular flexibility index (Phi) is 15.7. The fourth-order valence-electron chi connectivity index (χ4n) is 13.2. The molecule has 7 aliphatic rings. The molecule has 4 saturated heterocycles. The summed E-state index contributed by atoms with van der Waals surface area (Å²) in [6, 6.07) is 11.0. The zero-order valence-electron chi connectivity index (χ0n) is 44.0. The number of hydrogen-bond donors (Lipinski definition) is 6. The maximum absolute atomic E-state index is 14.9. The Morgan fingerprint density at radius 3 is 1.65 bits per heavy atom. The van der Waals surface area contributed by atoms with E-state index in [2.05, 4.69) is 31.9 Å². The standard InChI is InChI=1S/C55H75N9O8S2/c1-29(56-7)47(66)58-37-17-23-73-39-27-54(3,4)42(41(39)45(37)65)49(68)60-43-33-15-11-9-13-31(33)25-35(43)51(70)62-19-21-63(22-20-62)52(71)36-26-32-14-10-12-16-34(32)44(36)61-50(69)46-55(5,6)28-40-64(46)53(72)38(18-24-74-40)59-48(67)30(2)57-8/h9-16,29-30,35-44,46,56-57H,17-28H2,1-8H3,(H,58,66)(H,59,67)(H,60,68)(H,61,69)/t29-,30-,35+,36+,37-,38-,39-,40-,41?,42+,43-,44-,46+/m0/s1. The molecular weight excluding hydrogens is 979 g/mol. The molecule has 5 fully saturated rings. The van der Waals surface area contributed by atoms with Gasteiger partial charge in [0, 0.05) is 37.3 Å². The maximum Gasteiger partial charge on any atom is 0.246 e. The minimum atomic E-state index is -0.834. The second-order valence-electron chi connectivity index (χ2n) is 23.0. The van der Waals surface area contributed by atoms with Gasteiger partial charge in [0.1, 0.15) is 12.1 Å². The lowest BCUT2D eigenvalue weighted by atomic mass is 9.75. The summed E-state index contributed by atoms with van der Waals surface area (Å²) in [5, 5.41) is 18.1. The number of thioether (sulfide) groups is 2. The van der Waals surface area contributed by atoms with Crippen LogP contribution in [0, 0.1) is 34.5 Å². The molecule has 13 atom stereocenters. The van der Waals surface area contributed by atoms with Crippen molar-refractivity contribution in [2.75, 3.05) is 51.8 Å². The van der Waals surface area contributed by atoms with Crippen LogP contribution in [0.1, 0.15) is 102 Å². The van der Waals surface area contributed by atoms with Crippen LogP contribution in [0.15, 0.2) is 48.5 Å². The molecule has 2 aromatic rings. The highest BCUT2D eigenvalue weighted by Crippen LogP contribution is 2.54. The zero-order chi connectivity index (χ0) is 53.0. The van der Waals surface area contributed by atoms with E-state index in [0.717, 1.165) is 22.3 Å². The minimum Gasteiger partial charge on any atom is -0.348 e. The van der Waals surface area contributed by atoms with Crippen molar-refractivity contribution >= 4 is 70.7 Å². The van der Waals surface area contributed by atoms with Gasteiger partial charge in [-0.3, -0.25) is 38.4 Å². The quantitative estimate of drug-likeness (QED) is 0.181. The fourth-order valence-corrected chi connectivity index (χ4v) is 16.5. The molecule has 0 radical (unpaired) electrons. The first-order valence-corrected chi connectivity index (χ1v) is 28.7. The number of ketones is 1. The number of carbonyl (C=O) groups is 8. The molecule has 74 heavy (non-hydrogen) atoms. The van der Waals surface area contributed by atoms with Crippen LogP contribution in [0.3, 0.4) is 0 Å². The summed E-state index contributed by atoms with van der Waals surface area (Å²) in [6.07, 6.45) is 3.06. The van der Waals surface area contributed by atoms with Gasteiger partial charge in [-0.1, -0.05) is 76.2 Å². The summed E-state index contributed by atoms with van der Waals surface area (Å²) in [6.45, 7) is 12.7. The van der Waals surface area contributed by atoms with Crippen LogP contribution in [0.25, 0.3) is 0 Å². The number of rotatable bonds is 12. The van der Waals surface area contributed by atoms with Gasteiger partial charge in [-0.25, -0.2) is 0 Å². The average Bonchev–Trinajstić information content (AvgIpc) is 4.04. The Balaban J connectivity index is 0.880. The van der Waals surface area contributed by atoms with Crippen LogP contribution in [-0.2, 0) is 51.2 Å². The first-order chi connectivity index (χ1) is 35.2. The number of nitrogens with zero attached hydrogens (tertiary/aromatic N) is 3. The second-order valence-corrected chi connectivity index (χ2v) is 25.7. The van der Waals surface area contributed by atoms with Crippen LogP contribution >= 0.6 is 23.5 Å². The van der Waals surface area contributed by atoms with E-state index < -0.39 is 76.8 Å². The molecule has 0 bridgehead atoms. The fraction of sp³-hybridized carbons (Fsp3) is 0.636. The molecule has 9 rings (SSSR count).